The number of benzene rings is 2. The van der Waals surface area contributed by atoms with Crippen molar-refractivity contribution in [2.24, 2.45) is 0 Å². The number of aryl methyl sites for hydroxylation is 1. The molecule has 2 aromatic carbocycles. The standard InChI is InChI=1S/C20H23N5O/c1-15-5-4-6-17(11-15)19(24(2)3)20(26)22-12-16-7-9-18(10-8-16)25-14-21-13-23-25/h4-11,13-14,19H,12H2,1-3H3,(H,22,26)/t19-/m1/s1. The molecule has 0 aliphatic carbocycles. The first kappa shape index (κ1) is 17.8. The molecule has 1 heterocycles. The highest BCUT2D eigenvalue weighted by Crippen LogP contribution is 2.20. The maximum Gasteiger partial charge on any atom is 0.242 e. The van der Waals surface area contributed by atoms with E-state index in [-0.39, 0.29) is 11.9 Å². The van der Waals surface area contributed by atoms with Gasteiger partial charge in [0.2, 0.25) is 5.91 Å². The number of amides is 1. The fourth-order valence-electron chi connectivity index (χ4n) is 2.92. The van der Waals surface area contributed by atoms with Crippen LogP contribution in [0.15, 0.2) is 61.2 Å². The van der Waals surface area contributed by atoms with Crippen LogP contribution in [0.1, 0.15) is 22.7 Å². The van der Waals surface area contributed by atoms with Crippen LogP contribution in [0.3, 0.4) is 0 Å². The lowest BCUT2D eigenvalue weighted by Gasteiger charge is -2.24. The molecule has 1 N–H and O–H groups in total. The summed E-state index contributed by atoms with van der Waals surface area (Å²) >= 11 is 0. The first-order valence-corrected chi connectivity index (χ1v) is 8.49. The van der Waals surface area contributed by atoms with E-state index in [1.54, 1.807) is 11.0 Å². The smallest absolute Gasteiger partial charge is 0.242 e. The number of hydrogen-bond donors (Lipinski definition) is 1. The Bertz CT molecular complexity index is 856. The van der Waals surface area contributed by atoms with Crippen LogP contribution >= 0.6 is 0 Å². The van der Waals surface area contributed by atoms with Gasteiger partial charge in [-0.1, -0.05) is 42.0 Å². The van der Waals surface area contributed by atoms with Gasteiger partial charge in [0.05, 0.1) is 5.69 Å². The number of hydrogen-bond acceptors (Lipinski definition) is 4. The van der Waals surface area contributed by atoms with Gasteiger partial charge in [-0.15, -0.1) is 0 Å². The van der Waals surface area contributed by atoms with Crippen LogP contribution in [-0.2, 0) is 11.3 Å². The molecule has 0 saturated heterocycles. The summed E-state index contributed by atoms with van der Waals surface area (Å²) in [5, 5.41) is 7.14. The van der Waals surface area contributed by atoms with E-state index in [2.05, 4.69) is 21.5 Å². The van der Waals surface area contributed by atoms with Gasteiger partial charge >= 0.3 is 0 Å². The van der Waals surface area contributed by atoms with Gasteiger partial charge in [0, 0.05) is 6.54 Å². The second-order valence-electron chi connectivity index (χ2n) is 6.50. The van der Waals surface area contributed by atoms with Crippen molar-refractivity contribution in [3.63, 3.8) is 0 Å². The van der Waals surface area contributed by atoms with Crippen molar-refractivity contribution in [2.75, 3.05) is 14.1 Å². The quantitative estimate of drug-likeness (QED) is 0.743. The zero-order valence-electron chi connectivity index (χ0n) is 15.3. The molecule has 1 aromatic heterocycles. The molecular formula is C20H23N5O. The predicted molar refractivity (Wildman–Crippen MR) is 101 cm³/mol. The first-order chi connectivity index (χ1) is 12.5. The Hall–Kier alpha value is -2.99. The summed E-state index contributed by atoms with van der Waals surface area (Å²) in [6.07, 6.45) is 3.15. The van der Waals surface area contributed by atoms with Crippen LogP contribution < -0.4 is 5.32 Å². The second-order valence-corrected chi connectivity index (χ2v) is 6.50. The molecule has 0 radical (unpaired) electrons. The third-order valence-corrected chi connectivity index (χ3v) is 4.21. The number of rotatable bonds is 6. The molecule has 3 rings (SSSR count). The van der Waals surface area contributed by atoms with Crippen LogP contribution in [0, 0.1) is 6.92 Å². The normalized spacial score (nSPS) is 12.2. The van der Waals surface area contributed by atoms with E-state index in [0.717, 1.165) is 22.4 Å². The Balaban J connectivity index is 1.66. The van der Waals surface area contributed by atoms with Crippen LogP contribution in [0.2, 0.25) is 0 Å². The van der Waals surface area contributed by atoms with Crippen LogP contribution in [0.4, 0.5) is 0 Å². The molecular weight excluding hydrogens is 326 g/mol. The summed E-state index contributed by atoms with van der Waals surface area (Å²) in [6, 6.07) is 15.6. The minimum Gasteiger partial charge on any atom is -0.350 e. The topological polar surface area (TPSA) is 63.1 Å². The summed E-state index contributed by atoms with van der Waals surface area (Å²) in [4.78, 5) is 18.6. The van der Waals surface area contributed by atoms with E-state index < -0.39 is 0 Å². The monoisotopic (exact) mass is 349 g/mol. The van der Waals surface area contributed by atoms with E-state index in [0.29, 0.717) is 6.54 Å². The zero-order valence-corrected chi connectivity index (χ0v) is 15.3. The molecule has 6 nitrogen and oxygen atoms in total. The first-order valence-electron chi connectivity index (χ1n) is 8.49. The maximum absolute atomic E-state index is 12.7. The van der Waals surface area contributed by atoms with Gasteiger partial charge in [0.1, 0.15) is 18.7 Å². The minimum absolute atomic E-state index is 0.0130. The fraction of sp³-hybridized carbons (Fsp3) is 0.250. The molecule has 1 atom stereocenters. The van der Waals surface area contributed by atoms with Gasteiger partial charge < -0.3 is 5.32 Å². The van der Waals surface area contributed by atoms with Crippen molar-refractivity contribution in [3.05, 3.63) is 77.9 Å². The Kier molecular flexibility index (Phi) is 5.43. The van der Waals surface area contributed by atoms with Crippen molar-refractivity contribution in [1.29, 1.82) is 0 Å². The zero-order chi connectivity index (χ0) is 18.5. The number of nitrogens with zero attached hydrogens (tertiary/aromatic N) is 4. The Labute approximate surface area is 153 Å². The van der Waals surface area contributed by atoms with E-state index in [9.17, 15) is 4.79 Å². The lowest BCUT2D eigenvalue weighted by molar-refractivity contribution is -0.125. The van der Waals surface area contributed by atoms with E-state index in [4.69, 9.17) is 0 Å². The predicted octanol–water partition coefficient (Wildman–Crippen LogP) is 2.49. The molecule has 134 valence electrons. The highest BCUT2D eigenvalue weighted by molar-refractivity contribution is 5.83. The molecule has 0 fully saturated rings. The van der Waals surface area contributed by atoms with Gasteiger partial charge in [0.25, 0.3) is 0 Å². The Morgan fingerprint density at radius 1 is 1.19 bits per heavy atom. The molecule has 3 aromatic rings. The lowest BCUT2D eigenvalue weighted by atomic mass is 10.0. The summed E-state index contributed by atoms with van der Waals surface area (Å²) in [7, 11) is 3.83. The number of carbonyl (C=O) groups excluding carboxylic acids is 1. The Morgan fingerprint density at radius 2 is 1.96 bits per heavy atom. The van der Waals surface area contributed by atoms with E-state index in [1.165, 1.54) is 6.33 Å². The average Bonchev–Trinajstić information content (AvgIpc) is 3.15. The molecule has 0 aliphatic heterocycles. The van der Waals surface area contributed by atoms with E-state index >= 15 is 0 Å². The number of aromatic nitrogens is 3. The number of nitrogens with one attached hydrogen (secondary N) is 1. The average molecular weight is 349 g/mol. The van der Waals surface area contributed by atoms with Gasteiger partial charge in [-0.25, -0.2) is 9.67 Å². The van der Waals surface area contributed by atoms with Crippen molar-refractivity contribution in [2.45, 2.75) is 19.5 Å². The van der Waals surface area contributed by atoms with Crippen molar-refractivity contribution in [1.82, 2.24) is 25.0 Å². The highest BCUT2D eigenvalue weighted by Gasteiger charge is 2.22. The Morgan fingerprint density at radius 3 is 2.58 bits per heavy atom. The SMILES string of the molecule is Cc1cccc([C@H](C(=O)NCc2ccc(-n3cncn3)cc2)N(C)C)c1. The van der Waals surface area contributed by atoms with Crippen LogP contribution in [0.25, 0.3) is 5.69 Å². The van der Waals surface area contributed by atoms with Crippen LogP contribution in [-0.4, -0.2) is 39.7 Å². The summed E-state index contributed by atoms with van der Waals surface area (Å²) in [5.74, 6) is -0.0130. The molecule has 6 heteroatoms. The van der Waals surface area contributed by atoms with Crippen molar-refractivity contribution in [3.8, 4) is 5.69 Å². The molecule has 26 heavy (non-hydrogen) atoms. The molecule has 1 amide bonds. The molecule has 0 bridgehead atoms. The molecule has 0 spiro atoms. The lowest BCUT2D eigenvalue weighted by Crippen LogP contribution is -2.36. The van der Waals surface area contributed by atoms with Crippen LogP contribution in [0.5, 0.6) is 0 Å². The molecule has 0 aliphatic rings. The largest absolute Gasteiger partial charge is 0.350 e. The fourth-order valence-corrected chi connectivity index (χ4v) is 2.92. The number of likely N-dealkylation sites (N-methyl/N-ethyl adjacent to an activating group) is 1. The third-order valence-electron chi connectivity index (χ3n) is 4.21. The van der Waals surface area contributed by atoms with Crippen molar-refractivity contribution < 1.29 is 4.79 Å². The van der Waals surface area contributed by atoms with Gasteiger partial charge in [-0.3, -0.25) is 9.69 Å². The van der Waals surface area contributed by atoms with Gasteiger partial charge in [-0.05, 0) is 44.3 Å². The summed E-state index contributed by atoms with van der Waals surface area (Å²) < 4.78 is 1.70. The van der Waals surface area contributed by atoms with Gasteiger partial charge in [-0.2, -0.15) is 5.10 Å². The van der Waals surface area contributed by atoms with E-state index in [1.807, 2.05) is 68.4 Å². The number of carbonyl (C=O) groups is 1. The minimum atomic E-state index is -0.315. The summed E-state index contributed by atoms with van der Waals surface area (Å²) in [5.41, 5.74) is 4.10. The maximum atomic E-state index is 12.7. The summed E-state index contributed by atoms with van der Waals surface area (Å²) in [6.45, 7) is 2.51. The molecule has 0 unspecified atom stereocenters. The second kappa shape index (κ2) is 7.93. The molecule has 0 saturated carbocycles. The van der Waals surface area contributed by atoms with Gasteiger partial charge in [0.15, 0.2) is 0 Å². The van der Waals surface area contributed by atoms with Crippen molar-refractivity contribution >= 4 is 5.91 Å². The highest BCUT2D eigenvalue weighted by atomic mass is 16.2. The third kappa shape index (κ3) is 4.15.